The monoisotopic (exact) mass is 712 g/mol. The number of alkyl halides is 1. The van der Waals surface area contributed by atoms with Gasteiger partial charge in [0.15, 0.2) is 6.29 Å². The van der Waals surface area contributed by atoms with Gasteiger partial charge in [-0.1, -0.05) is 174 Å². The summed E-state index contributed by atoms with van der Waals surface area (Å²) in [4.78, 5) is 0. The normalized spacial score (nSPS) is 21.8. The predicted octanol–water partition coefficient (Wildman–Crippen LogP) is 7.69. The number of ether oxygens (including phenoxy) is 4. The highest BCUT2D eigenvalue weighted by Crippen LogP contribution is 2.41. The molecule has 0 unspecified atom stereocenters. The van der Waals surface area contributed by atoms with Crippen LogP contribution in [0.4, 0.5) is 0 Å². The zero-order valence-electron chi connectivity index (χ0n) is 24.9. The molecule has 1 heterocycles. The standard InChI is InChI=1S/C39H37IO5/c40-35-37(43-27-30-18-8-2-9-19-30)36(42-26-29-16-6-1-7-17-29)34(45-38(35)41)28-44-39(31-20-10-3-11-21-31,32-22-12-4-13-23-32)33-24-14-5-15-25-33/h1-25,34-38,41H,26-28H2/t34-,35+,36-,37-,38+/m1/s1. The van der Waals surface area contributed by atoms with E-state index < -0.39 is 30.2 Å². The Kier molecular flexibility index (Phi) is 10.7. The maximum atomic E-state index is 11.2. The van der Waals surface area contributed by atoms with E-state index in [4.69, 9.17) is 18.9 Å². The molecule has 1 aliphatic rings. The summed E-state index contributed by atoms with van der Waals surface area (Å²) >= 11 is 2.22. The van der Waals surface area contributed by atoms with E-state index in [9.17, 15) is 5.11 Å². The lowest BCUT2D eigenvalue weighted by molar-refractivity contribution is -0.262. The summed E-state index contributed by atoms with van der Waals surface area (Å²) in [5.41, 5.74) is 4.12. The summed E-state index contributed by atoms with van der Waals surface area (Å²) in [6, 6.07) is 50.8. The van der Waals surface area contributed by atoms with Gasteiger partial charge in [-0.05, 0) is 27.8 Å². The highest BCUT2D eigenvalue weighted by atomic mass is 127. The Hall–Kier alpha value is -3.37. The van der Waals surface area contributed by atoms with Gasteiger partial charge in [-0.15, -0.1) is 0 Å². The molecule has 0 saturated carbocycles. The van der Waals surface area contributed by atoms with Crippen LogP contribution < -0.4 is 0 Å². The fourth-order valence-corrected chi connectivity index (χ4v) is 6.71. The fraction of sp³-hybridized carbons (Fsp3) is 0.231. The molecule has 5 aromatic carbocycles. The zero-order valence-corrected chi connectivity index (χ0v) is 27.1. The Morgan fingerprint density at radius 3 is 1.36 bits per heavy atom. The Morgan fingerprint density at radius 2 is 0.933 bits per heavy atom. The Bertz CT molecular complexity index is 1470. The second-order valence-electron chi connectivity index (χ2n) is 11.1. The maximum Gasteiger partial charge on any atom is 0.169 e. The summed E-state index contributed by atoms with van der Waals surface area (Å²) < 4.78 is 26.3. The van der Waals surface area contributed by atoms with Crippen molar-refractivity contribution in [1.82, 2.24) is 0 Å². The van der Waals surface area contributed by atoms with E-state index in [1.807, 2.05) is 115 Å². The molecule has 5 atom stereocenters. The van der Waals surface area contributed by atoms with Gasteiger partial charge in [-0.25, -0.2) is 0 Å². The van der Waals surface area contributed by atoms with Gasteiger partial charge in [0, 0.05) is 0 Å². The van der Waals surface area contributed by atoms with Crippen molar-refractivity contribution < 1.29 is 24.1 Å². The summed E-state index contributed by atoms with van der Waals surface area (Å²) in [6.07, 6.45) is -2.65. The highest BCUT2D eigenvalue weighted by Gasteiger charge is 2.48. The molecular formula is C39H37IO5. The lowest BCUT2D eigenvalue weighted by atomic mass is 9.80. The third-order valence-corrected chi connectivity index (χ3v) is 9.49. The van der Waals surface area contributed by atoms with Crippen molar-refractivity contribution in [3.8, 4) is 0 Å². The first-order chi connectivity index (χ1) is 22.1. The molecule has 45 heavy (non-hydrogen) atoms. The molecule has 5 nitrogen and oxygen atoms in total. The van der Waals surface area contributed by atoms with E-state index in [2.05, 4.69) is 59.0 Å². The predicted molar refractivity (Wildman–Crippen MR) is 184 cm³/mol. The molecule has 1 fully saturated rings. The minimum atomic E-state index is -1.06. The van der Waals surface area contributed by atoms with Gasteiger partial charge in [0.1, 0.15) is 23.9 Å². The van der Waals surface area contributed by atoms with Gasteiger partial charge < -0.3 is 24.1 Å². The van der Waals surface area contributed by atoms with Crippen molar-refractivity contribution in [2.24, 2.45) is 0 Å². The van der Waals surface area contributed by atoms with Gasteiger partial charge in [-0.2, -0.15) is 0 Å². The zero-order chi connectivity index (χ0) is 30.9. The number of aliphatic hydroxyl groups is 1. The quantitative estimate of drug-likeness (QED) is 0.0818. The summed E-state index contributed by atoms with van der Waals surface area (Å²) in [5.74, 6) is 0. The fourth-order valence-electron chi connectivity index (χ4n) is 5.92. The first-order valence-electron chi connectivity index (χ1n) is 15.2. The van der Waals surface area contributed by atoms with E-state index in [1.54, 1.807) is 0 Å². The minimum absolute atomic E-state index is 0.143. The highest BCUT2D eigenvalue weighted by molar-refractivity contribution is 14.1. The molecular weight excluding hydrogens is 675 g/mol. The second kappa shape index (κ2) is 15.3. The van der Waals surface area contributed by atoms with Crippen LogP contribution in [0.25, 0.3) is 0 Å². The first-order valence-corrected chi connectivity index (χ1v) is 16.5. The summed E-state index contributed by atoms with van der Waals surface area (Å²) in [7, 11) is 0. The van der Waals surface area contributed by atoms with Crippen LogP contribution in [0.1, 0.15) is 27.8 Å². The summed E-state index contributed by atoms with van der Waals surface area (Å²) in [5, 5.41) is 11.2. The first kappa shape index (κ1) is 31.6. The number of benzene rings is 5. The number of hydrogen-bond donors (Lipinski definition) is 1. The number of aliphatic hydroxyl groups excluding tert-OH is 1. The van der Waals surface area contributed by atoms with E-state index in [0.717, 1.165) is 27.8 Å². The van der Waals surface area contributed by atoms with Crippen LogP contribution in [-0.4, -0.2) is 40.2 Å². The smallest absolute Gasteiger partial charge is 0.169 e. The van der Waals surface area contributed by atoms with Crippen molar-refractivity contribution in [3.63, 3.8) is 0 Å². The van der Waals surface area contributed by atoms with E-state index in [-0.39, 0.29) is 10.5 Å². The molecule has 6 heteroatoms. The number of halogens is 1. The van der Waals surface area contributed by atoms with Crippen molar-refractivity contribution in [2.45, 2.75) is 47.3 Å². The van der Waals surface area contributed by atoms with Crippen LogP contribution >= 0.6 is 22.6 Å². The van der Waals surface area contributed by atoms with Crippen molar-refractivity contribution in [1.29, 1.82) is 0 Å². The molecule has 1 saturated heterocycles. The van der Waals surface area contributed by atoms with Gasteiger partial charge in [0.25, 0.3) is 0 Å². The SMILES string of the molecule is O[C@H]1O[C@H](COC(c2ccccc2)(c2ccccc2)c2ccccc2)[C@@H](OCc2ccccc2)[C@H](OCc2ccccc2)[C@@H]1I. The van der Waals surface area contributed by atoms with Gasteiger partial charge >= 0.3 is 0 Å². The molecule has 6 rings (SSSR count). The molecule has 0 aliphatic carbocycles. The molecule has 0 radical (unpaired) electrons. The Labute approximate surface area is 278 Å². The molecule has 5 aromatic rings. The molecule has 0 bridgehead atoms. The lowest BCUT2D eigenvalue weighted by Gasteiger charge is -2.44. The molecule has 0 spiro atoms. The second-order valence-corrected chi connectivity index (χ2v) is 12.6. The minimum Gasteiger partial charge on any atom is -0.369 e. The van der Waals surface area contributed by atoms with E-state index in [1.165, 1.54) is 0 Å². The molecule has 230 valence electrons. The van der Waals surface area contributed by atoms with Crippen LogP contribution in [0, 0.1) is 0 Å². The summed E-state index contributed by atoms with van der Waals surface area (Å²) in [6.45, 7) is 0.902. The van der Waals surface area contributed by atoms with Crippen LogP contribution in [0.5, 0.6) is 0 Å². The van der Waals surface area contributed by atoms with Crippen LogP contribution in [-0.2, 0) is 37.8 Å². The molecule has 0 amide bonds. The maximum absolute atomic E-state index is 11.2. The average molecular weight is 713 g/mol. The third kappa shape index (κ3) is 7.38. The molecule has 1 N–H and O–H groups in total. The Balaban J connectivity index is 1.35. The van der Waals surface area contributed by atoms with Crippen LogP contribution in [0.15, 0.2) is 152 Å². The molecule has 1 aliphatic heterocycles. The average Bonchev–Trinajstić information content (AvgIpc) is 3.11. The van der Waals surface area contributed by atoms with Gasteiger partial charge in [0.2, 0.25) is 0 Å². The van der Waals surface area contributed by atoms with Crippen molar-refractivity contribution >= 4 is 22.6 Å². The van der Waals surface area contributed by atoms with Crippen molar-refractivity contribution in [2.75, 3.05) is 6.61 Å². The van der Waals surface area contributed by atoms with Crippen molar-refractivity contribution in [3.05, 3.63) is 179 Å². The lowest BCUT2D eigenvalue weighted by Crippen LogP contribution is -2.59. The van der Waals surface area contributed by atoms with Gasteiger partial charge in [0.05, 0.1) is 23.7 Å². The molecule has 0 aromatic heterocycles. The van der Waals surface area contributed by atoms with Crippen LogP contribution in [0.2, 0.25) is 0 Å². The van der Waals surface area contributed by atoms with E-state index >= 15 is 0 Å². The largest absolute Gasteiger partial charge is 0.369 e. The van der Waals surface area contributed by atoms with Gasteiger partial charge in [-0.3, -0.25) is 0 Å². The van der Waals surface area contributed by atoms with E-state index in [0.29, 0.717) is 13.2 Å². The third-order valence-electron chi connectivity index (χ3n) is 8.17. The Morgan fingerprint density at radius 1 is 0.556 bits per heavy atom. The number of hydrogen-bond acceptors (Lipinski definition) is 5. The van der Waals surface area contributed by atoms with Crippen LogP contribution in [0.3, 0.4) is 0 Å². The number of rotatable bonds is 12. The topological polar surface area (TPSA) is 57.2 Å².